The molecule has 0 amide bonds. The van der Waals surface area contributed by atoms with E-state index in [0.717, 1.165) is 53.8 Å². The van der Waals surface area contributed by atoms with Crippen molar-refractivity contribution in [2.75, 3.05) is 0 Å². The van der Waals surface area contributed by atoms with Gasteiger partial charge in [-0.3, -0.25) is 10.1 Å². The summed E-state index contributed by atoms with van der Waals surface area (Å²) in [7, 11) is 0. The highest BCUT2D eigenvalue weighted by Crippen LogP contribution is 2.42. The third-order valence-electron chi connectivity index (χ3n) is 5.10. The lowest BCUT2D eigenvalue weighted by molar-refractivity contribution is 0.295. The van der Waals surface area contributed by atoms with Gasteiger partial charge in [0.05, 0.1) is 11.2 Å². The van der Waals surface area contributed by atoms with Crippen LogP contribution in [0, 0.1) is 0 Å². The Morgan fingerprint density at radius 1 is 0.920 bits per heavy atom. The van der Waals surface area contributed by atoms with E-state index in [1.54, 1.807) is 0 Å². The molecule has 0 unspecified atom stereocenters. The second-order valence-corrected chi connectivity index (χ2v) is 7.22. The first kappa shape index (κ1) is 16.3. The molecule has 5 heteroatoms. The van der Waals surface area contributed by atoms with Crippen molar-refractivity contribution in [3.63, 3.8) is 0 Å². The molecule has 0 aliphatic heterocycles. The molecule has 0 saturated heterocycles. The Morgan fingerprint density at radius 3 is 2.28 bits per heavy atom. The van der Waals surface area contributed by atoms with Crippen LogP contribution in [0.25, 0.3) is 22.4 Å². The van der Waals surface area contributed by atoms with Crippen LogP contribution < -0.4 is 5.73 Å². The maximum Gasteiger partial charge on any atom is 0.100 e. The van der Waals surface area contributed by atoms with Crippen molar-refractivity contribution < 1.29 is 0 Å². The normalized spacial score (nSPS) is 16.7. The molecule has 0 bridgehead atoms. The van der Waals surface area contributed by atoms with Crippen molar-refractivity contribution in [1.29, 1.82) is 0 Å². The van der Waals surface area contributed by atoms with Gasteiger partial charge < -0.3 is 5.73 Å². The van der Waals surface area contributed by atoms with Crippen LogP contribution in [-0.4, -0.2) is 15.2 Å². The first-order chi connectivity index (χ1) is 12.2. The van der Waals surface area contributed by atoms with E-state index in [0.29, 0.717) is 5.02 Å². The number of rotatable bonds is 3. The molecule has 1 fully saturated rings. The second-order valence-electron chi connectivity index (χ2n) is 6.78. The summed E-state index contributed by atoms with van der Waals surface area (Å²) in [5.41, 5.74) is 11.6. The van der Waals surface area contributed by atoms with Crippen molar-refractivity contribution in [1.82, 2.24) is 15.2 Å². The Bertz CT molecular complexity index is 849. The van der Waals surface area contributed by atoms with Gasteiger partial charge >= 0.3 is 0 Å². The van der Waals surface area contributed by atoms with Gasteiger partial charge in [-0.25, -0.2) is 0 Å². The van der Waals surface area contributed by atoms with Gasteiger partial charge in [0, 0.05) is 28.5 Å². The maximum atomic E-state index is 6.83. The predicted octanol–water partition coefficient (Wildman–Crippen LogP) is 4.91. The molecule has 3 aromatic rings. The summed E-state index contributed by atoms with van der Waals surface area (Å²) >= 11 is 6.05. The summed E-state index contributed by atoms with van der Waals surface area (Å²) in [5, 5.41) is 8.63. The molecule has 0 radical (unpaired) electrons. The molecule has 1 aliphatic carbocycles. The van der Waals surface area contributed by atoms with Crippen LogP contribution in [0.4, 0.5) is 0 Å². The molecule has 2 heterocycles. The molecule has 1 saturated carbocycles. The van der Waals surface area contributed by atoms with Crippen molar-refractivity contribution in [3.05, 3.63) is 59.5 Å². The minimum absolute atomic E-state index is 0.353. The molecule has 2 aromatic heterocycles. The second kappa shape index (κ2) is 6.62. The lowest BCUT2D eigenvalue weighted by Crippen LogP contribution is -2.39. The number of nitrogens with zero attached hydrogens (tertiary/aromatic N) is 2. The van der Waals surface area contributed by atoms with Gasteiger partial charge in [-0.1, -0.05) is 43.0 Å². The van der Waals surface area contributed by atoms with Crippen LogP contribution in [0.3, 0.4) is 0 Å². The minimum atomic E-state index is -0.353. The predicted molar refractivity (Wildman–Crippen MR) is 101 cm³/mol. The Kier molecular flexibility index (Phi) is 4.32. The molecule has 25 heavy (non-hydrogen) atoms. The molecule has 4 nitrogen and oxygen atoms in total. The van der Waals surface area contributed by atoms with Crippen molar-refractivity contribution in [2.24, 2.45) is 5.73 Å². The molecular formula is C20H21ClN4. The van der Waals surface area contributed by atoms with E-state index >= 15 is 0 Å². The smallest absolute Gasteiger partial charge is 0.100 e. The number of hydrogen-bond acceptors (Lipinski definition) is 3. The molecular weight excluding hydrogens is 332 g/mol. The number of benzene rings is 1. The number of aromatic nitrogens is 3. The van der Waals surface area contributed by atoms with Crippen LogP contribution in [0.5, 0.6) is 0 Å². The number of halogens is 1. The third kappa shape index (κ3) is 3.08. The quantitative estimate of drug-likeness (QED) is 0.703. The highest BCUT2D eigenvalue weighted by molar-refractivity contribution is 6.30. The zero-order chi connectivity index (χ0) is 17.3. The monoisotopic (exact) mass is 352 g/mol. The van der Waals surface area contributed by atoms with Crippen molar-refractivity contribution in [2.45, 2.75) is 37.6 Å². The van der Waals surface area contributed by atoms with Gasteiger partial charge in [-0.2, -0.15) is 5.10 Å². The number of aromatic amines is 1. The van der Waals surface area contributed by atoms with E-state index in [1.165, 1.54) is 6.42 Å². The molecule has 0 atom stereocenters. The van der Waals surface area contributed by atoms with Crippen molar-refractivity contribution in [3.8, 4) is 22.4 Å². The van der Waals surface area contributed by atoms with Crippen molar-refractivity contribution >= 4 is 11.6 Å². The van der Waals surface area contributed by atoms with E-state index < -0.39 is 0 Å². The lowest BCUT2D eigenvalue weighted by atomic mass is 9.77. The van der Waals surface area contributed by atoms with E-state index in [1.807, 2.05) is 48.8 Å². The fourth-order valence-electron chi connectivity index (χ4n) is 3.75. The van der Waals surface area contributed by atoms with Gasteiger partial charge in [0.15, 0.2) is 0 Å². The summed E-state index contributed by atoms with van der Waals surface area (Å²) in [6.07, 6.45) is 9.13. The van der Waals surface area contributed by atoms with E-state index in [-0.39, 0.29) is 5.54 Å². The molecule has 4 rings (SSSR count). The average Bonchev–Trinajstić information content (AvgIpc) is 3.10. The molecule has 0 spiro atoms. The van der Waals surface area contributed by atoms with Gasteiger partial charge in [0.25, 0.3) is 0 Å². The standard InChI is InChI=1S/C20H21ClN4/c21-16-6-4-15(5-7-16)18-17(14-8-12-23-13-9-14)19(25-24-18)20(22)10-2-1-3-11-20/h4-9,12-13H,1-3,10-11,22H2,(H,24,25). The Labute approximate surface area is 152 Å². The maximum absolute atomic E-state index is 6.83. The summed E-state index contributed by atoms with van der Waals surface area (Å²) in [5.74, 6) is 0. The third-order valence-corrected chi connectivity index (χ3v) is 5.35. The van der Waals surface area contributed by atoms with E-state index in [4.69, 9.17) is 17.3 Å². The number of nitrogens with two attached hydrogens (primary N) is 1. The van der Waals surface area contributed by atoms with Crippen LogP contribution in [0.15, 0.2) is 48.8 Å². The first-order valence-electron chi connectivity index (χ1n) is 8.71. The summed E-state index contributed by atoms with van der Waals surface area (Å²) in [6, 6.07) is 11.8. The largest absolute Gasteiger partial charge is 0.320 e. The van der Waals surface area contributed by atoms with Gasteiger partial charge in [-0.15, -0.1) is 0 Å². The molecule has 3 N–H and O–H groups in total. The Balaban J connectivity index is 1.89. The Morgan fingerprint density at radius 2 is 1.60 bits per heavy atom. The average molecular weight is 353 g/mol. The summed E-state index contributed by atoms with van der Waals surface area (Å²) in [6.45, 7) is 0. The SMILES string of the molecule is NC1(c2[nH]nc(-c3ccc(Cl)cc3)c2-c2ccncc2)CCCCC1. The van der Waals surface area contributed by atoms with Gasteiger partial charge in [0.1, 0.15) is 5.69 Å². The topological polar surface area (TPSA) is 67.6 Å². The first-order valence-corrected chi connectivity index (χ1v) is 9.09. The number of hydrogen-bond donors (Lipinski definition) is 2. The molecule has 1 aliphatic rings. The zero-order valence-corrected chi connectivity index (χ0v) is 14.8. The van der Waals surface area contributed by atoms with E-state index in [9.17, 15) is 0 Å². The highest BCUT2D eigenvalue weighted by Gasteiger charge is 2.35. The lowest BCUT2D eigenvalue weighted by Gasteiger charge is -2.33. The van der Waals surface area contributed by atoms with E-state index in [2.05, 4.69) is 15.2 Å². The fraction of sp³-hybridized carbons (Fsp3) is 0.300. The highest BCUT2D eigenvalue weighted by atomic mass is 35.5. The zero-order valence-electron chi connectivity index (χ0n) is 14.0. The number of H-pyrrole nitrogens is 1. The number of nitrogens with one attached hydrogen (secondary N) is 1. The molecule has 128 valence electrons. The Hall–Kier alpha value is -2.17. The number of pyridine rings is 1. The van der Waals surface area contributed by atoms with Crippen LogP contribution in [0.2, 0.25) is 5.02 Å². The van der Waals surface area contributed by atoms with Gasteiger partial charge in [0.2, 0.25) is 0 Å². The summed E-state index contributed by atoms with van der Waals surface area (Å²) < 4.78 is 0. The van der Waals surface area contributed by atoms with Crippen LogP contribution in [-0.2, 0) is 5.54 Å². The van der Waals surface area contributed by atoms with Crippen LogP contribution in [0.1, 0.15) is 37.8 Å². The fourth-order valence-corrected chi connectivity index (χ4v) is 3.88. The van der Waals surface area contributed by atoms with Gasteiger partial charge in [-0.05, 0) is 42.7 Å². The van der Waals surface area contributed by atoms with Crippen LogP contribution >= 0.6 is 11.6 Å². The molecule has 1 aromatic carbocycles. The summed E-state index contributed by atoms with van der Waals surface area (Å²) in [4.78, 5) is 4.15. The minimum Gasteiger partial charge on any atom is -0.320 e.